The Kier molecular flexibility index (Phi) is 9.92. The number of carbonyl (C=O) groups excluding carboxylic acids is 2. The van der Waals surface area contributed by atoms with Crippen LogP contribution in [0.2, 0.25) is 0 Å². The van der Waals surface area contributed by atoms with Gasteiger partial charge in [-0.2, -0.15) is 0 Å². The topological polar surface area (TPSA) is 96.0 Å². The number of rotatable bonds is 12. The van der Waals surface area contributed by atoms with Crippen LogP contribution in [0, 0.1) is 6.92 Å². The molecule has 34 heavy (non-hydrogen) atoms. The van der Waals surface area contributed by atoms with E-state index in [9.17, 15) is 18.0 Å². The molecule has 0 aliphatic carbocycles. The van der Waals surface area contributed by atoms with Crippen molar-refractivity contribution in [3.63, 3.8) is 0 Å². The molecular formula is C25H35N3O5S. The average molecular weight is 490 g/mol. The smallest absolute Gasteiger partial charge is 0.244 e. The molecule has 2 aromatic carbocycles. The summed E-state index contributed by atoms with van der Waals surface area (Å²) in [4.78, 5) is 27.8. The van der Waals surface area contributed by atoms with Gasteiger partial charge in [-0.25, -0.2) is 8.42 Å². The number of aryl methyl sites for hydroxylation is 1. The lowest BCUT2D eigenvalue weighted by atomic mass is 10.1. The van der Waals surface area contributed by atoms with E-state index in [1.807, 2.05) is 51.1 Å². The first-order valence-electron chi connectivity index (χ1n) is 11.4. The Balaban J connectivity index is 2.42. The van der Waals surface area contributed by atoms with Gasteiger partial charge >= 0.3 is 0 Å². The summed E-state index contributed by atoms with van der Waals surface area (Å²) < 4.78 is 31.9. The Bertz CT molecular complexity index is 1070. The van der Waals surface area contributed by atoms with E-state index in [-0.39, 0.29) is 18.1 Å². The van der Waals surface area contributed by atoms with Gasteiger partial charge in [0, 0.05) is 13.1 Å². The summed E-state index contributed by atoms with van der Waals surface area (Å²) >= 11 is 0. The summed E-state index contributed by atoms with van der Waals surface area (Å²) in [5.74, 6) is -0.371. The molecule has 2 rings (SSSR count). The molecule has 0 saturated carbocycles. The molecule has 8 nitrogen and oxygen atoms in total. The van der Waals surface area contributed by atoms with Crippen molar-refractivity contribution in [3.8, 4) is 5.75 Å². The molecule has 1 N–H and O–H groups in total. The largest absolute Gasteiger partial charge is 0.495 e. The monoisotopic (exact) mass is 489 g/mol. The Morgan fingerprint density at radius 1 is 1.09 bits per heavy atom. The fraction of sp³-hybridized carbons (Fsp3) is 0.440. The van der Waals surface area contributed by atoms with E-state index >= 15 is 0 Å². The lowest BCUT2D eigenvalue weighted by Gasteiger charge is -2.33. The zero-order chi connectivity index (χ0) is 25.3. The second-order valence-corrected chi connectivity index (χ2v) is 9.99. The number of carbonyl (C=O) groups is 2. The van der Waals surface area contributed by atoms with Gasteiger partial charge < -0.3 is 15.0 Å². The first kappa shape index (κ1) is 27.2. The van der Waals surface area contributed by atoms with Crippen molar-refractivity contribution < 1.29 is 22.7 Å². The minimum atomic E-state index is -3.82. The third-order valence-electron chi connectivity index (χ3n) is 5.50. The SMILES string of the molecule is CCNC(=O)[C@@H](CC)N(CCc1ccccc1)C(=O)CN(c1cc(C)ccc1OC)S(C)(=O)=O. The van der Waals surface area contributed by atoms with Gasteiger partial charge in [-0.3, -0.25) is 13.9 Å². The van der Waals surface area contributed by atoms with Gasteiger partial charge in [0.2, 0.25) is 21.8 Å². The summed E-state index contributed by atoms with van der Waals surface area (Å²) in [6.07, 6.45) is 1.99. The van der Waals surface area contributed by atoms with E-state index in [2.05, 4.69) is 5.32 Å². The predicted molar refractivity (Wildman–Crippen MR) is 135 cm³/mol. The maximum Gasteiger partial charge on any atom is 0.244 e. The highest BCUT2D eigenvalue weighted by Crippen LogP contribution is 2.31. The first-order valence-corrected chi connectivity index (χ1v) is 13.2. The summed E-state index contributed by atoms with van der Waals surface area (Å²) in [5, 5.41) is 2.79. The zero-order valence-electron chi connectivity index (χ0n) is 20.6. The highest BCUT2D eigenvalue weighted by atomic mass is 32.2. The molecule has 0 bridgehead atoms. The van der Waals surface area contributed by atoms with Crippen molar-refractivity contribution >= 4 is 27.5 Å². The molecule has 0 aliphatic heterocycles. The second-order valence-electron chi connectivity index (χ2n) is 8.09. The zero-order valence-corrected chi connectivity index (χ0v) is 21.4. The van der Waals surface area contributed by atoms with Gasteiger partial charge in [-0.1, -0.05) is 43.3 Å². The van der Waals surface area contributed by atoms with Gasteiger partial charge in [0.25, 0.3) is 0 Å². The Morgan fingerprint density at radius 3 is 2.32 bits per heavy atom. The van der Waals surface area contributed by atoms with Gasteiger partial charge in [-0.15, -0.1) is 0 Å². The fourth-order valence-electron chi connectivity index (χ4n) is 3.78. The first-order chi connectivity index (χ1) is 16.1. The normalized spacial score (nSPS) is 12.0. The fourth-order valence-corrected chi connectivity index (χ4v) is 4.62. The van der Waals surface area contributed by atoms with Gasteiger partial charge in [0.05, 0.1) is 19.1 Å². The van der Waals surface area contributed by atoms with Crippen molar-refractivity contribution in [2.45, 2.75) is 39.7 Å². The van der Waals surface area contributed by atoms with Crippen molar-refractivity contribution in [2.75, 3.05) is 37.3 Å². The second kappa shape index (κ2) is 12.4. The molecule has 0 saturated heterocycles. The van der Waals surface area contributed by atoms with Crippen molar-refractivity contribution in [1.82, 2.24) is 10.2 Å². The van der Waals surface area contributed by atoms with Crippen LogP contribution in [0.5, 0.6) is 5.75 Å². The van der Waals surface area contributed by atoms with Crippen LogP contribution in [0.1, 0.15) is 31.4 Å². The molecule has 0 aliphatic rings. The third-order valence-corrected chi connectivity index (χ3v) is 6.63. The van der Waals surface area contributed by atoms with E-state index in [4.69, 9.17) is 4.74 Å². The number of anilines is 1. The maximum absolute atomic E-state index is 13.6. The average Bonchev–Trinajstić information content (AvgIpc) is 2.80. The molecule has 0 spiro atoms. The number of sulfonamides is 1. The van der Waals surface area contributed by atoms with Crippen LogP contribution < -0.4 is 14.4 Å². The highest BCUT2D eigenvalue weighted by Gasteiger charge is 2.32. The third kappa shape index (κ3) is 7.21. The predicted octanol–water partition coefficient (Wildman–Crippen LogP) is 2.76. The van der Waals surface area contributed by atoms with E-state index in [1.54, 1.807) is 18.2 Å². The standard InChI is InChI=1S/C25H35N3O5S/c1-6-21(25(30)26-7-2)27(16-15-20-11-9-8-10-12-20)24(29)18-28(34(5,31)32)22-17-19(3)13-14-23(22)33-4/h8-14,17,21H,6-7,15-16,18H2,1-5H3,(H,26,30)/t21-/m1/s1. The maximum atomic E-state index is 13.6. The molecule has 186 valence electrons. The Hall–Kier alpha value is -3.07. The van der Waals surface area contributed by atoms with E-state index in [0.29, 0.717) is 25.1 Å². The summed E-state index contributed by atoms with van der Waals surface area (Å²) in [6, 6.07) is 14.1. The summed E-state index contributed by atoms with van der Waals surface area (Å²) in [6.45, 7) is 5.76. The lowest BCUT2D eigenvalue weighted by Crippen LogP contribution is -2.53. The molecule has 0 fully saturated rings. The van der Waals surface area contributed by atoms with Crippen LogP contribution in [0.25, 0.3) is 0 Å². The van der Waals surface area contributed by atoms with E-state index in [1.165, 1.54) is 12.0 Å². The minimum Gasteiger partial charge on any atom is -0.495 e. The molecule has 9 heteroatoms. The number of amides is 2. The number of ether oxygens (including phenoxy) is 1. The van der Waals surface area contributed by atoms with Crippen LogP contribution in [-0.2, 0) is 26.0 Å². The van der Waals surface area contributed by atoms with E-state index < -0.39 is 28.5 Å². The Labute approximate surface area is 202 Å². The van der Waals surface area contributed by atoms with Gasteiger partial charge in [0.1, 0.15) is 18.3 Å². The number of hydrogen-bond donors (Lipinski definition) is 1. The van der Waals surface area contributed by atoms with Crippen molar-refractivity contribution in [3.05, 3.63) is 59.7 Å². The molecule has 1 atom stereocenters. The van der Waals surface area contributed by atoms with Gasteiger partial charge in [-0.05, 0) is 49.9 Å². The van der Waals surface area contributed by atoms with Crippen LogP contribution in [0.15, 0.2) is 48.5 Å². The number of hydrogen-bond acceptors (Lipinski definition) is 5. The van der Waals surface area contributed by atoms with Crippen LogP contribution in [0.3, 0.4) is 0 Å². The van der Waals surface area contributed by atoms with Crippen LogP contribution >= 0.6 is 0 Å². The molecule has 2 aromatic rings. The number of nitrogens with one attached hydrogen (secondary N) is 1. The molecule has 0 aromatic heterocycles. The van der Waals surface area contributed by atoms with Crippen molar-refractivity contribution in [1.29, 1.82) is 0 Å². The van der Waals surface area contributed by atoms with E-state index in [0.717, 1.165) is 21.7 Å². The lowest BCUT2D eigenvalue weighted by molar-refractivity contribution is -0.139. The van der Waals surface area contributed by atoms with Crippen LogP contribution in [-0.4, -0.2) is 64.2 Å². The number of benzene rings is 2. The number of methoxy groups -OCH3 is 1. The molecule has 2 amide bonds. The summed E-state index contributed by atoms with van der Waals surface area (Å²) in [7, 11) is -2.37. The molecule has 0 heterocycles. The summed E-state index contributed by atoms with van der Waals surface area (Å²) in [5.41, 5.74) is 2.13. The number of nitrogens with zero attached hydrogens (tertiary/aromatic N) is 2. The minimum absolute atomic E-state index is 0.259. The van der Waals surface area contributed by atoms with Crippen molar-refractivity contribution in [2.24, 2.45) is 0 Å². The molecular weight excluding hydrogens is 454 g/mol. The number of likely N-dealkylation sites (N-methyl/N-ethyl adjacent to an activating group) is 1. The molecule has 0 unspecified atom stereocenters. The quantitative estimate of drug-likeness (QED) is 0.495. The highest BCUT2D eigenvalue weighted by molar-refractivity contribution is 7.92. The van der Waals surface area contributed by atoms with Crippen LogP contribution in [0.4, 0.5) is 5.69 Å². The Morgan fingerprint density at radius 2 is 1.76 bits per heavy atom. The van der Waals surface area contributed by atoms with Gasteiger partial charge in [0.15, 0.2) is 0 Å². The molecule has 0 radical (unpaired) electrons.